The summed E-state index contributed by atoms with van der Waals surface area (Å²) in [7, 11) is 0. The van der Waals surface area contributed by atoms with Gasteiger partial charge in [-0.15, -0.1) is 0 Å². The zero-order valence-electron chi connectivity index (χ0n) is 9.42. The van der Waals surface area contributed by atoms with E-state index in [9.17, 15) is 0 Å². The lowest BCUT2D eigenvalue weighted by atomic mass is 10.00. The third-order valence-corrected chi connectivity index (χ3v) is 3.56. The summed E-state index contributed by atoms with van der Waals surface area (Å²) in [4.78, 5) is 6.50. The molecule has 1 unspecified atom stereocenters. The van der Waals surface area contributed by atoms with Crippen LogP contribution in [-0.2, 0) is 6.54 Å². The van der Waals surface area contributed by atoms with Crippen LogP contribution in [0, 0.1) is 5.92 Å². The van der Waals surface area contributed by atoms with Crippen LogP contribution in [0.2, 0.25) is 10.3 Å². The molecule has 0 saturated carbocycles. The molecule has 1 aromatic rings. The molecule has 88 valence electrons. The highest BCUT2D eigenvalue weighted by Gasteiger charge is 2.17. The van der Waals surface area contributed by atoms with E-state index in [1.165, 1.54) is 12.8 Å². The number of rotatable bonds is 2. The van der Waals surface area contributed by atoms with E-state index in [2.05, 4.69) is 16.8 Å². The fraction of sp³-hybridized carbons (Fsp3) is 0.583. The average Bonchev–Trinajstić information content (AvgIpc) is 2.22. The summed E-state index contributed by atoms with van der Waals surface area (Å²) >= 11 is 11.8. The molecule has 0 aromatic carbocycles. The summed E-state index contributed by atoms with van der Waals surface area (Å²) in [5, 5.41) is 0.992. The number of likely N-dealkylation sites (tertiary alicyclic amines) is 1. The molecule has 0 bridgehead atoms. The van der Waals surface area contributed by atoms with Crippen LogP contribution >= 0.6 is 23.2 Å². The van der Waals surface area contributed by atoms with Gasteiger partial charge in [0.05, 0.1) is 0 Å². The first kappa shape index (κ1) is 12.2. The van der Waals surface area contributed by atoms with Crippen molar-refractivity contribution in [1.82, 2.24) is 9.88 Å². The van der Waals surface area contributed by atoms with E-state index in [-0.39, 0.29) is 0 Å². The first-order valence-electron chi connectivity index (χ1n) is 5.68. The zero-order chi connectivity index (χ0) is 11.5. The van der Waals surface area contributed by atoms with Gasteiger partial charge >= 0.3 is 0 Å². The van der Waals surface area contributed by atoms with Crippen molar-refractivity contribution in [3.8, 4) is 0 Å². The van der Waals surface area contributed by atoms with Gasteiger partial charge < -0.3 is 0 Å². The Morgan fingerprint density at radius 3 is 2.94 bits per heavy atom. The predicted octanol–water partition coefficient (Wildman–Crippen LogP) is 3.62. The smallest absolute Gasteiger partial charge is 0.135 e. The van der Waals surface area contributed by atoms with E-state index < -0.39 is 0 Å². The summed E-state index contributed by atoms with van der Waals surface area (Å²) in [6.07, 6.45) is 2.61. The van der Waals surface area contributed by atoms with E-state index in [0.29, 0.717) is 10.3 Å². The van der Waals surface area contributed by atoms with Crippen LogP contribution < -0.4 is 0 Å². The van der Waals surface area contributed by atoms with Gasteiger partial charge in [-0.3, -0.25) is 4.90 Å². The molecule has 16 heavy (non-hydrogen) atoms. The van der Waals surface area contributed by atoms with Gasteiger partial charge in [-0.2, -0.15) is 0 Å². The molecule has 0 N–H and O–H groups in total. The van der Waals surface area contributed by atoms with Crippen molar-refractivity contribution in [2.75, 3.05) is 13.1 Å². The fourth-order valence-corrected chi connectivity index (χ4v) is 2.63. The van der Waals surface area contributed by atoms with Crippen molar-refractivity contribution in [1.29, 1.82) is 0 Å². The molecule has 1 saturated heterocycles. The standard InChI is InChI=1S/C12H16Cl2N2/c1-9-3-2-6-16(7-9)8-10-4-5-11(13)15-12(10)14/h4-5,9H,2-3,6-8H2,1H3. The molecular formula is C12H16Cl2N2. The number of hydrogen-bond acceptors (Lipinski definition) is 2. The monoisotopic (exact) mass is 258 g/mol. The minimum Gasteiger partial charge on any atom is -0.299 e. The fourth-order valence-electron chi connectivity index (χ4n) is 2.23. The largest absolute Gasteiger partial charge is 0.299 e. The molecular weight excluding hydrogens is 243 g/mol. The highest BCUT2D eigenvalue weighted by Crippen LogP contribution is 2.22. The minimum absolute atomic E-state index is 0.459. The van der Waals surface area contributed by atoms with Crippen molar-refractivity contribution in [3.63, 3.8) is 0 Å². The maximum absolute atomic E-state index is 6.06. The van der Waals surface area contributed by atoms with Crippen LogP contribution in [0.5, 0.6) is 0 Å². The van der Waals surface area contributed by atoms with Gasteiger partial charge in [-0.25, -0.2) is 4.98 Å². The maximum Gasteiger partial charge on any atom is 0.135 e. The summed E-state index contributed by atoms with van der Waals surface area (Å²) < 4.78 is 0. The molecule has 4 heteroatoms. The first-order chi connectivity index (χ1) is 7.65. The van der Waals surface area contributed by atoms with E-state index in [1.807, 2.05) is 6.07 Å². The Morgan fingerprint density at radius 1 is 1.44 bits per heavy atom. The van der Waals surface area contributed by atoms with Crippen molar-refractivity contribution in [2.24, 2.45) is 5.92 Å². The molecule has 0 amide bonds. The number of hydrogen-bond donors (Lipinski definition) is 0. The van der Waals surface area contributed by atoms with Crippen molar-refractivity contribution in [2.45, 2.75) is 26.3 Å². The molecule has 2 rings (SSSR count). The molecule has 2 nitrogen and oxygen atoms in total. The van der Waals surface area contributed by atoms with Gasteiger partial charge in [0.1, 0.15) is 10.3 Å². The van der Waals surface area contributed by atoms with Gasteiger partial charge in [0, 0.05) is 18.7 Å². The van der Waals surface area contributed by atoms with Gasteiger partial charge in [-0.1, -0.05) is 36.2 Å². The average molecular weight is 259 g/mol. The van der Waals surface area contributed by atoms with E-state index >= 15 is 0 Å². The number of piperidine rings is 1. The first-order valence-corrected chi connectivity index (χ1v) is 6.44. The van der Waals surface area contributed by atoms with Gasteiger partial charge in [0.15, 0.2) is 0 Å². The molecule has 0 radical (unpaired) electrons. The van der Waals surface area contributed by atoms with Crippen molar-refractivity contribution < 1.29 is 0 Å². The second kappa shape index (κ2) is 5.35. The summed E-state index contributed by atoms with van der Waals surface area (Å²) in [6.45, 7) is 5.49. The van der Waals surface area contributed by atoms with Crippen LogP contribution in [0.4, 0.5) is 0 Å². The van der Waals surface area contributed by atoms with Crippen LogP contribution in [0.15, 0.2) is 12.1 Å². The third kappa shape index (κ3) is 3.09. The Labute approximate surface area is 107 Å². The van der Waals surface area contributed by atoms with Gasteiger partial charge in [0.25, 0.3) is 0 Å². The summed E-state index contributed by atoms with van der Waals surface area (Å²) in [5.74, 6) is 0.785. The van der Waals surface area contributed by atoms with Crippen LogP contribution in [-0.4, -0.2) is 23.0 Å². The molecule has 1 atom stereocenters. The van der Waals surface area contributed by atoms with Crippen molar-refractivity contribution in [3.05, 3.63) is 28.0 Å². The minimum atomic E-state index is 0.459. The number of aromatic nitrogens is 1. The molecule has 2 heterocycles. The highest BCUT2D eigenvalue weighted by atomic mass is 35.5. The number of halogens is 2. The lowest BCUT2D eigenvalue weighted by Crippen LogP contribution is -2.33. The Bertz CT molecular complexity index is 368. The van der Waals surface area contributed by atoms with Crippen LogP contribution in [0.1, 0.15) is 25.3 Å². The molecule has 1 aromatic heterocycles. The van der Waals surface area contributed by atoms with E-state index in [4.69, 9.17) is 23.2 Å². The number of nitrogens with zero attached hydrogens (tertiary/aromatic N) is 2. The van der Waals surface area contributed by atoms with Crippen molar-refractivity contribution >= 4 is 23.2 Å². The van der Waals surface area contributed by atoms with Gasteiger partial charge in [-0.05, 0) is 31.4 Å². The Hall–Kier alpha value is -0.310. The second-order valence-electron chi connectivity index (χ2n) is 4.57. The molecule has 1 aliphatic rings. The van der Waals surface area contributed by atoms with Gasteiger partial charge in [0.2, 0.25) is 0 Å². The summed E-state index contributed by atoms with van der Waals surface area (Å²) in [5.41, 5.74) is 1.07. The quantitative estimate of drug-likeness (QED) is 0.754. The molecule has 0 spiro atoms. The topological polar surface area (TPSA) is 16.1 Å². The molecule has 1 aliphatic heterocycles. The lowest BCUT2D eigenvalue weighted by molar-refractivity contribution is 0.176. The van der Waals surface area contributed by atoms with Crippen LogP contribution in [0.3, 0.4) is 0 Å². The normalized spacial score (nSPS) is 22.3. The highest BCUT2D eigenvalue weighted by molar-refractivity contribution is 6.32. The lowest BCUT2D eigenvalue weighted by Gasteiger charge is -2.30. The molecule has 0 aliphatic carbocycles. The summed E-state index contributed by atoms with van der Waals surface area (Å²) in [6, 6.07) is 3.77. The Morgan fingerprint density at radius 2 is 2.25 bits per heavy atom. The Kier molecular flexibility index (Phi) is 4.06. The van der Waals surface area contributed by atoms with Crippen LogP contribution in [0.25, 0.3) is 0 Å². The Balaban J connectivity index is 2.02. The molecule has 1 fully saturated rings. The number of pyridine rings is 1. The maximum atomic E-state index is 6.06. The van der Waals surface area contributed by atoms with E-state index in [0.717, 1.165) is 31.1 Å². The third-order valence-electron chi connectivity index (χ3n) is 3.03. The second-order valence-corrected chi connectivity index (χ2v) is 5.31. The predicted molar refractivity (Wildman–Crippen MR) is 67.9 cm³/mol. The SMILES string of the molecule is CC1CCCN(Cc2ccc(Cl)nc2Cl)C1. The van der Waals surface area contributed by atoms with E-state index in [1.54, 1.807) is 6.07 Å². The zero-order valence-corrected chi connectivity index (χ0v) is 10.9.